The summed E-state index contributed by atoms with van der Waals surface area (Å²) in [6, 6.07) is 7.05. The molecule has 2 heterocycles. The summed E-state index contributed by atoms with van der Waals surface area (Å²) >= 11 is 6.45. The van der Waals surface area contributed by atoms with Gasteiger partial charge in [0, 0.05) is 23.2 Å². The second kappa shape index (κ2) is 13.7. The molecule has 0 bridgehead atoms. The summed E-state index contributed by atoms with van der Waals surface area (Å²) in [5, 5.41) is 7.74. The van der Waals surface area contributed by atoms with Gasteiger partial charge in [0.2, 0.25) is 29.9 Å². The van der Waals surface area contributed by atoms with Crippen molar-refractivity contribution in [3.05, 3.63) is 59.3 Å². The van der Waals surface area contributed by atoms with Crippen LogP contribution in [0.4, 0.5) is 0 Å². The highest BCUT2D eigenvalue weighted by molar-refractivity contribution is 6.23. The van der Waals surface area contributed by atoms with Gasteiger partial charge in [-0.2, -0.15) is 0 Å². The van der Waals surface area contributed by atoms with Gasteiger partial charge in [0.05, 0.1) is 18.4 Å². The van der Waals surface area contributed by atoms with Crippen molar-refractivity contribution in [3.8, 4) is 0 Å². The first-order chi connectivity index (χ1) is 20.3. The number of hydrogen-bond acceptors (Lipinski definition) is 7. The molecule has 3 aliphatic rings. The minimum absolute atomic E-state index is 0.0367. The Labute approximate surface area is 256 Å². The average molecular weight is 615 g/mol. The molecular formula is C31H39ClN4O7. The zero-order valence-corrected chi connectivity index (χ0v) is 25.6. The molecule has 1 aliphatic carbocycles. The van der Waals surface area contributed by atoms with Crippen molar-refractivity contribution in [2.24, 2.45) is 5.41 Å². The maximum Gasteiger partial charge on any atom is 0.310 e. The summed E-state index contributed by atoms with van der Waals surface area (Å²) in [6.07, 6.45) is 3.44. The summed E-state index contributed by atoms with van der Waals surface area (Å²) in [6.45, 7) is 7.51. The molecule has 2 aliphatic heterocycles. The fraction of sp³-hybridized carbons (Fsp3) is 0.516. The molecule has 0 radical (unpaired) electrons. The lowest BCUT2D eigenvalue weighted by Gasteiger charge is -2.29. The van der Waals surface area contributed by atoms with Crippen LogP contribution >= 0.6 is 11.6 Å². The molecule has 1 aromatic rings. The maximum absolute atomic E-state index is 13.3. The van der Waals surface area contributed by atoms with E-state index < -0.39 is 58.9 Å². The molecule has 43 heavy (non-hydrogen) atoms. The van der Waals surface area contributed by atoms with Crippen LogP contribution in [0, 0.1) is 5.41 Å². The number of rotatable bonds is 9. The van der Waals surface area contributed by atoms with Crippen LogP contribution in [0.5, 0.6) is 0 Å². The third-order valence-electron chi connectivity index (χ3n) is 7.54. The molecule has 4 rings (SSSR count). The Morgan fingerprint density at radius 1 is 1.12 bits per heavy atom. The van der Waals surface area contributed by atoms with Crippen LogP contribution in [-0.2, 0) is 40.1 Å². The fourth-order valence-electron chi connectivity index (χ4n) is 5.01. The van der Waals surface area contributed by atoms with Crippen LogP contribution in [0.1, 0.15) is 58.9 Å². The van der Waals surface area contributed by atoms with E-state index in [0.717, 1.165) is 5.56 Å². The van der Waals surface area contributed by atoms with Crippen molar-refractivity contribution < 1.29 is 33.4 Å². The minimum Gasteiger partial charge on any atom is -0.433 e. The van der Waals surface area contributed by atoms with Crippen LogP contribution < -0.4 is 16.0 Å². The molecule has 1 aromatic carbocycles. The van der Waals surface area contributed by atoms with E-state index in [-0.39, 0.29) is 25.4 Å². The quantitative estimate of drug-likeness (QED) is 0.286. The summed E-state index contributed by atoms with van der Waals surface area (Å²) in [5.74, 6) is -1.92. The van der Waals surface area contributed by atoms with E-state index in [0.29, 0.717) is 30.7 Å². The molecule has 4 amide bonds. The zero-order valence-electron chi connectivity index (χ0n) is 24.9. The fourth-order valence-corrected chi connectivity index (χ4v) is 5.31. The number of alkyl halides is 1. The Kier molecular flexibility index (Phi) is 10.3. The van der Waals surface area contributed by atoms with Gasteiger partial charge in [-0.3, -0.25) is 24.0 Å². The molecule has 0 spiro atoms. The van der Waals surface area contributed by atoms with E-state index >= 15 is 0 Å². The van der Waals surface area contributed by atoms with Gasteiger partial charge >= 0.3 is 5.97 Å². The lowest BCUT2D eigenvalue weighted by atomic mass is 9.94. The Bertz CT molecular complexity index is 1310. The molecule has 2 fully saturated rings. The number of esters is 1. The van der Waals surface area contributed by atoms with Crippen molar-refractivity contribution >= 4 is 41.2 Å². The average Bonchev–Trinajstić information content (AvgIpc) is 3.59. The number of allylic oxidation sites excluding steroid dienone is 3. The van der Waals surface area contributed by atoms with Crippen molar-refractivity contribution in [3.63, 3.8) is 0 Å². The summed E-state index contributed by atoms with van der Waals surface area (Å²) in [7, 11) is 0. The van der Waals surface area contributed by atoms with E-state index in [1.165, 1.54) is 4.90 Å². The lowest BCUT2D eigenvalue weighted by Crippen LogP contribution is -2.54. The predicted molar refractivity (Wildman–Crippen MR) is 158 cm³/mol. The largest absolute Gasteiger partial charge is 0.433 e. The standard InChI is InChI=1S/C31H39ClN4O7/c1-18(33-26(38)20-12-13-22(21(32)15-20)35-30(41)31(2,3)4)28(40)36-14-8-11-24(36)27(39)34-23-16-25(37)43-29(23)42-17-19-9-6-5-7-10-19/h5-7,9-10,12-13,18,21,23-24,29H,8,11,14-17H2,1-4H3,(H,33,38)(H,34,39)(H,35,41)/t18-,21?,23?,24-,29?/m0/s1. The first-order valence-electron chi connectivity index (χ1n) is 14.5. The second-order valence-electron chi connectivity index (χ2n) is 12.0. The topological polar surface area (TPSA) is 143 Å². The van der Waals surface area contributed by atoms with Gasteiger partial charge in [-0.1, -0.05) is 57.2 Å². The number of nitrogens with zero attached hydrogens (tertiary/aromatic N) is 1. The minimum atomic E-state index is -0.939. The molecule has 11 nitrogen and oxygen atoms in total. The number of carbonyl (C=O) groups is 5. The van der Waals surface area contributed by atoms with Crippen LogP contribution in [0.15, 0.2) is 53.8 Å². The molecule has 0 saturated carbocycles. The highest BCUT2D eigenvalue weighted by Gasteiger charge is 2.41. The summed E-state index contributed by atoms with van der Waals surface area (Å²) in [4.78, 5) is 65.4. The van der Waals surface area contributed by atoms with E-state index in [4.69, 9.17) is 21.1 Å². The number of hydrogen-bond donors (Lipinski definition) is 3. The summed E-state index contributed by atoms with van der Waals surface area (Å²) in [5.41, 5.74) is 1.18. The molecule has 3 N–H and O–H groups in total. The number of carbonyl (C=O) groups excluding carboxylic acids is 5. The molecule has 3 unspecified atom stereocenters. The van der Waals surface area contributed by atoms with E-state index in [1.54, 1.807) is 39.8 Å². The molecular weight excluding hydrogens is 576 g/mol. The Morgan fingerprint density at radius 3 is 2.51 bits per heavy atom. The molecule has 12 heteroatoms. The third-order valence-corrected chi connectivity index (χ3v) is 7.92. The maximum atomic E-state index is 13.3. The Morgan fingerprint density at radius 2 is 1.84 bits per heavy atom. The SMILES string of the molecule is C[C@H](NC(=O)C1=CC=C(NC(=O)C(C)(C)C)C(Cl)C1)C(=O)N1CCC[C@H]1C(=O)NC1CC(=O)OC1OCc1ccccc1. The molecule has 2 saturated heterocycles. The normalized spacial score (nSPS) is 24.4. The smallest absolute Gasteiger partial charge is 0.310 e. The van der Waals surface area contributed by atoms with Crippen LogP contribution in [0.2, 0.25) is 0 Å². The third kappa shape index (κ3) is 8.23. The van der Waals surface area contributed by atoms with E-state index in [9.17, 15) is 24.0 Å². The number of amides is 4. The van der Waals surface area contributed by atoms with Gasteiger partial charge < -0.3 is 30.3 Å². The van der Waals surface area contributed by atoms with Gasteiger partial charge in [0.25, 0.3) is 0 Å². The Hall–Kier alpha value is -3.70. The monoisotopic (exact) mass is 614 g/mol. The van der Waals surface area contributed by atoms with Gasteiger partial charge in [0.15, 0.2) is 0 Å². The zero-order chi connectivity index (χ0) is 31.3. The number of likely N-dealkylation sites (tertiary alicyclic amines) is 1. The van der Waals surface area contributed by atoms with Crippen LogP contribution in [-0.4, -0.2) is 70.8 Å². The van der Waals surface area contributed by atoms with Crippen molar-refractivity contribution in [1.29, 1.82) is 0 Å². The number of halogens is 1. The first kappa shape index (κ1) is 32.2. The predicted octanol–water partition coefficient (Wildman–Crippen LogP) is 2.44. The van der Waals surface area contributed by atoms with Gasteiger partial charge in [-0.05, 0) is 37.8 Å². The molecule has 232 valence electrons. The van der Waals surface area contributed by atoms with E-state index in [2.05, 4.69) is 16.0 Å². The second-order valence-corrected chi connectivity index (χ2v) is 12.6. The van der Waals surface area contributed by atoms with Crippen LogP contribution in [0.3, 0.4) is 0 Å². The number of cyclic esters (lactones) is 1. The highest BCUT2D eigenvalue weighted by atomic mass is 35.5. The number of benzene rings is 1. The number of nitrogens with one attached hydrogen (secondary N) is 3. The molecule has 5 atom stereocenters. The Balaban J connectivity index is 1.32. The summed E-state index contributed by atoms with van der Waals surface area (Å²) < 4.78 is 11.0. The lowest BCUT2D eigenvalue weighted by molar-refractivity contribution is -0.168. The van der Waals surface area contributed by atoms with Crippen molar-refractivity contribution in [1.82, 2.24) is 20.9 Å². The number of ether oxygens (including phenoxy) is 2. The highest BCUT2D eigenvalue weighted by Crippen LogP contribution is 2.25. The van der Waals surface area contributed by atoms with Gasteiger partial charge in [-0.25, -0.2) is 0 Å². The van der Waals surface area contributed by atoms with Crippen LogP contribution in [0.25, 0.3) is 0 Å². The first-order valence-corrected chi connectivity index (χ1v) is 14.9. The van der Waals surface area contributed by atoms with Gasteiger partial charge in [-0.15, -0.1) is 11.6 Å². The van der Waals surface area contributed by atoms with Gasteiger partial charge in [0.1, 0.15) is 18.1 Å². The molecule has 0 aromatic heterocycles. The van der Waals surface area contributed by atoms with Crippen molar-refractivity contribution in [2.75, 3.05) is 6.54 Å². The van der Waals surface area contributed by atoms with E-state index in [1.807, 2.05) is 30.3 Å². The van der Waals surface area contributed by atoms with Crippen molar-refractivity contribution in [2.45, 2.75) is 89.8 Å².